The zero-order chi connectivity index (χ0) is 20.1. The summed E-state index contributed by atoms with van der Waals surface area (Å²) < 4.78 is 25.5. The van der Waals surface area contributed by atoms with Gasteiger partial charge >= 0.3 is 0 Å². The number of carbonyl (C=O) groups is 1. The van der Waals surface area contributed by atoms with E-state index in [1.807, 2.05) is 18.2 Å². The third kappa shape index (κ3) is 5.33. The summed E-state index contributed by atoms with van der Waals surface area (Å²) in [5, 5.41) is 3.03. The van der Waals surface area contributed by atoms with Crippen molar-refractivity contribution in [2.75, 3.05) is 30.6 Å². The van der Waals surface area contributed by atoms with E-state index >= 15 is 0 Å². The first kappa shape index (κ1) is 20.4. The largest absolute Gasteiger partial charge is 0.350 e. The molecule has 1 aliphatic heterocycles. The Balaban J connectivity index is 1.73. The van der Waals surface area contributed by atoms with Gasteiger partial charge in [-0.05, 0) is 56.1 Å². The molecule has 2 aromatic carbocycles. The van der Waals surface area contributed by atoms with Crippen molar-refractivity contribution in [2.45, 2.75) is 25.8 Å². The van der Waals surface area contributed by atoms with E-state index in [2.05, 4.69) is 27.1 Å². The van der Waals surface area contributed by atoms with Gasteiger partial charge in [-0.2, -0.15) is 0 Å². The van der Waals surface area contributed by atoms with Gasteiger partial charge in [0.2, 0.25) is 10.0 Å². The number of likely N-dealkylation sites (tertiary alicyclic amines) is 1. The number of carbonyl (C=O) groups excluding carboxylic acids is 1. The summed E-state index contributed by atoms with van der Waals surface area (Å²) in [4.78, 5) is 15.1. The first-order valence-corrected chi connectivity index (χ1v) is 11.4. The van der Waals surface area contributed by atoms with Crippen LogP contribution in [0.4, 0.5) is 5.69 Å². The molecule has 2 N–H and O–H groups in total. The maximum atomic E-state index is 12.7. The topological polar surface area (TPSA) is 78.5 Å². The van der Waals surface area contributed by atoms with E-state index in [0.717, 1.165) is 24.9 Å². The van der Waals surface area contributed by atoms with E-state index < -0.39 is 10.0 Å². The summed E-state index contributed by atoms with van der Waals surface area (Å²) in [6.45, 7) is 4.37. The molecule has 1 heterocycles. The number of benzene rings is 2. The molecule has 1 saturated heterocycles. The zero-order valence-electron chi connectivity index (χ0n) is 16.3. The van der Waals surface area contributed by atoms with Crippen LogP contribution in [0.5, 0.6) is 0 Å². The monoisotopic (exact) mass is 401 g/mol. The maximum absolute atomic E-state index is 12.7. The van der Waals surface area contributed by atoms with Gasteiger partial charge in [-0.3, -0.25) is 14.4 Å². The number of rotatable bonds is 7. The minimum absolute atomic E-state index is 0.131. The highest BCUT2D eigenvalue weighted by molar-refractivity contribution is 7.92. The van der Waals surface area contributed by atoms with E-state index in [0.29, 0.717) is 17.8 Å². The van der Waals surface area contributed by atoms with Crippen LogP contribution in [0.25, 0.3) is 0 Å². The van der Waals surface area contributed by atoms with Gasteiger partial charge in [0, 0.05) is 12.1 Å². The Morgan fingerprint density at radius 2 is 1.79 bits per heavy atom. The van der Waals surface area contributed by atoms with Gasteiger partial charge in [0.1, 0.15) is 0 Å². The van der Waals surface area contributed by atoms with Crippen molar-refractivity contribution in [1.82, 2.24) is 10.2 Å². The molecule has 0 spiro atoms. The highest BCUT2D eigenvalue weighted by Gasteiger charge is 2.24. The normalized spacial score (nSPS) is 15.9. The van der Waals surface area contributed by atoms with Crippen LogP contribution in [0.1, 0.15) is 40.4 Å². The SMILES string of the molecule is Cc1ccc(C(=O)NC[C@H](c2ccccc2)N2CCCC2)cc1NS(C)(=O)=O. The summed E-state index contributed by atoms with van der Waals surface area (Å²) in [6, 6.07) is 15.4. The standard InChI is InChI=1S/C21H27N3O3S/c1-16-10-11-18(14-19(16)23-28(2,26)27)21(25)22-15-20(24-12-6-7-13-24)17-8-4-3-5-9-17/h3-5,8-11,14,20,23H,6-7,12-13,15H2,1-2H3,(H,22,25)/t20-/m1/s1. The second-order valence-electron chi connectivity index (χ2n) is 7.28. The van der Waals surface area contributed by atoms with Crippen LogP contribution in [-0.4, -0.2) is 45.1 Å². The smallest absolute Gasteiger partial charge is 0.251 e. The molecule has 0 aliphatic carbocycles. The molecular formula is C21H27N3O3S. The van der Waals surface area contributed by atoms with Gasteiger partial charge in [-0.25, -0.2) is 8.42 Å². The Hall–Kier alpha value is -2.38. The van der Waals surface area contributed by atoms with Crippen LogP contribution in [0.2, 0.25) is 0 Å². The van der Waals surface area contributed by atoms with Crippen molar-refractivity contribution in [3.8, 4) is 0 Å². The van der Waals surface area contributed by atoms with E-state index in [4.69, 9.17) is 0 Å². The van der Waals surface area contributed by atoms with Crippen molar-refractivity contribution < 1.29 is 13.2 Å². The molecule has 7 heteroatoms. The quantitative estimate of drug-likeness (QED) is 0.748. The summed E-state index contributed by atoms with van der Waals surface area (Å²) in [6.07, 6.45) is 3.45. The second-order valence-corrected chi connectivity index (χ2v) is 9.03. The molecule has 1 fully saturated rings. The fourth-order valence-corrected chi connectivity index (χ4v) is 4.17. The van der Waals surface area contributed by atoms with Crippen molar-refractivity contribution in [1.29, 1.82) is 0 Å². The van der Waals surface area contributed by atoms with Gasteiger partial charge < -0.3 is 5.32 Å². The minimum atomic E-state index is -3.40. The van der Waals surface area contributed by atoms with E-state index in [-0.39, 0.29) is 11.9 Å². The lowest BCUT2D eigenvalue weighted by Gasteiger charge is -2.28. The Kier molecular flexibility index (Phi) is 6.36. The average molecular weight is 402 g/mol. The molecule has 2 aromatic rings. The summed E-state index contributed by atoms with van der Waals surface area (Å²) in [7, 11) is -3.40. The van der Waals surface area contributed by atoms with Gasteiger partial charge in [0.25, 0.3) is 5.91 Å². The number of aryl methyl sites for hydroxylation is 1. The molecule has 150 valence electrons. The van der Waals surface area contributed by atoms with Crippen molar-refractivity contribution in [3.05, 3.63) is 65.2 Å². The number of nitrogens with zero attached hydrogens (tertiary/aromatic N) is 1. The summed E-state index contributed by atoms with van der Waals surface area (Å²) in [5.74, 6) is -0.211. The highest BCUT2D eigenvalue weighted by atomic mass is 32.2. The molecule has 6 nitrogen and oxygen atoms in total. The first-order chi connectivity index (χ1) is 13.3. The average Bonchev–Trinajstić information content (AvgIpc) is 3.18. The molecule has 3 rings (SSSR count). The van der Waals surface area contributed by atoms with Crippen LogP contribution in [0.3, 0.4) is 0 Å². The number of anilines is 1. The number of amides is 1. The molecule has 0 aromatic heterocycles. The van der Waals surface area contributed by atoms with Crippen LogP contribution in [-0.2, 0) is 10.0 Å². The number of hydrogen-bond donors (Lipinski definition) is 2. The molecule has 0 radical (unpaired) electrons. The molecule has 1 aliphatic rings. The van der Waals surface area contributed by atoms with E-state index in [1.165, 1.54) is 18.4 Å². The van der Waals surface area contributed by atoms with Gasteiger partial charge in [0.15, 0.2) is 0 Å². The second kappa shape index (κ2) is 8.75. The van der Waals surface area contributed by atoms with Crippen molar-refractivity contribution in [3.63, 3.8) is 0 Å². The fraction of sp³-hybridized carbons (Fsp3) is 0.381. The Morgan fingerprint density at radius 1 is 1.11 bits per heavy atom. The van der Waals surface area contributed by atoms with E-state index in [9.17, 15) is 13.2 Å². The maximum Gasteiger partial charge on any atom is 0.251 e. The van der Waals surface area contributed by atoms with Gasteiger partial charge in [-0.15, -0.1) is 0 Å². The van der Waals surface area contributed by atoms with Gasteiger partial charge in [-0.1, -0.05) is 36.4 Å². The number of sulfonamides is 1. The lowest BCUT2D eigenvalue weighted by molar-refractivity contribution is 0.0938. The molecule has 1 amide bonds. The highest BCUT2D eigenvalue weighted by Crippen LogP contribution is 2.25. The third-order valence-electron chi connectivity index (χ3n) is 5.02. The number of hydrogen-bond acceptors (Lipinski definition) is 4. The summed E-state index contributed by atoms with van der Waals surface area (Å²) >= 11 is 0. The molecule has 0 unspecified atom stereocenters. The summed E-state index contributed by atoms with van der Waals surface area (Å²) in [5.41, 5.74) is 2.81. The first-order valence-electron chi connectivity index (χ1n) is 9.49. The van der Waals surface area contributed by atoms with Gasteiger partial charge in [0.05, 0.1) is 18.0 Å². The van der Waals surface area contributed by atoms with E-state index in [1.54, 1.807) is 25.1 Å². The molecular weight excluding hydrogens is 374 g/mol. The van der Waals surface area contributed by atoms with Crippen molar-refractivity contribution in [2.24, 2.45) is 0 Å². The minimum Gasteiger partial charge on any atom is -0.350 e. The predicted molar refractivity (Wildman–Crippen MR) is 112 cm³/mol. The van der Waals surface area contributed by atoms with Crippen LogP contribution in [0, 0.1) is 6.92 Å². The lowest BCUT2D eigenvalue weighted by atomic mass is 10.0. The lowest BCUT2D eigenvalue weighted by Crippen LogP contribution is -2.36. The fourth-order valence-electron chi connectivity index (χ4n) is 3.55. The Bertz CT molecular complexity index is 923. The van der Waals surface area contributed by atoms with Crippen LogP contribution >= 0.6 is 0 Å². The Labute approximate surface area is 167 Å². The van der Waals surface area contributed by atoms with Crippen LogP contribution in [0.15, 0.2) is 48.5 Å². The zero-order valence-corrected chi connectivity index (χ0v) is 17.1. The molecule has 28 heavy (non-hydrogen) atoms. The third-order valence-corrected chi connectivity index (χ3v) is 5.61. The van der Waals surface area contributed by atoms with Crippen LogP contribution < -0.4 is 10.0 Å². The Morgan fingerprint density at radius 3 is 2.43 bits per heavy atom. The molecule has 0 saturated carbocycles. The molecule has 1 atom stereocenters. The predicted octanol–water partition coefficient (Wildman–Crippen LogP) is 2.93. The molecule has 0 bridgehead atoms. The number of nitrogens with one attached hydrogen (secondary N) is 2. The van der Waals surface area contributed by atoms with Crippen molar-refractivity contribution >= 4 is 21.6 Å².